The monoisotopic (exact) mass is 274 g/mol. The maximum Gasteiger partial charge on any atom is 0.324 e. The largest absolute Gasteiger partial charge is 0.460 e. The Bertz CT molecular complexity index is 232. The standard InChI is InChI=1S/C8H13Cl3N2O2/c1-13-4-2-3-6(12-13)7(14)15-5-8(9,10)11/h6,12H,2-5H2,1H3. The Labute approximate surface area is 104 Å². The summed E-state index contributed by atoms with van der Waals surface area (Å²) < 4.78 is 3.32. The fraction of sp³-hybridized carbons (Fsp3) is 0.875. The van der Waals surface area contributed by atoms with Gasteiger partial charge in [-0.2, -0.15) is 0 Å². The molecule has 0 radical (unpaired) electrons. The molecule has 15 heavy (non-hydrogen) atoms. The fourth-order valence-electron chi connectivity index (χ4n) is 1.35. The van der Waals surface area contributed by atoms with E-state index in [9.17, 15) is 4.79 Å². The highest BCUT2D eigenvalue weighted by atomic mass is 35.6. The van der Waals surface area contributed by atoms with Gasteiger partial charge in [-0.15, -0.1) is 0 Å². The molecule has 0 aromatic heterocycles. The molecule has 1 fully saturated rings. The quantitative estimate of drug-likeness (QED) is 0.612. The van der Waals surface area contributed by atoms with Crippen LogP contribution in [0.25, 0.3) is 0 Å². The van der Waals surface area contributed by atoms with Gasteiger partial charge in [0, 0.05) is 13.6 Å². The summed E-state index contributed by atoms with van der Waals surface area (Å²) in [7, 11) is 1.87. The van der Waals surface area contributed by atoms with Crippen molar-refractivity contribution in [1.29, 1.82) is 0 Å². The highest BCUT2D eigenvalue weighted by molar-refractivity contribution is 6.67. The first-order valence-electron chi connectivity index (χ1n) is 4.59. The third-order valence-electron chi connectivity index (χ3n) is 2.03. The molecule has 1 N–H and O–H groups in total. The highest BCUT2D eigenvalue weighted by Crippen LogP contribution is 2.26. The number of carbonyl (C=O) groups excluding carboxylic acids is 1. The van der Waals surface area contributed by atoms with Gasteiger partial charge in [-0.1, -0.05) is 34.8 Å². The lowest BCUT2D eigenvalue weighted by Gasteiger charge is -2.29. The summed E-state index contributed by atoms with van der Waals surface area (Å²) in [5.74, 6) is -0.382. The van der Waals surface area contributed by atoms with Crippen molar-refractivity contribution in [2.75, 3.05) is 20.2 Å². The summed E-state index contributed by atoms with van der Waals surface area (Å²) in [5.41, 5.74) is 2.98. The van der Waals surface area contributed by atoms with E-state index in [4.69, 9.17) is 39.5 Å². The van der Waals surface area contributed by atoms with Crippen LogP contribution in [0.15, 0.2) is 0 Å². The van der Waals surface area contributed by atoms with E-state index in [-0.39, 0.29) is 18.6 Å². The molecule has 1 aliphatic rings. The van der Waals surface area contributed by atoms with Crippen LogP contribution < -0.4 is 5.43 Å². The van der Waals surface area contributed by atoms with Crippen molar-refractivity contribution in [3.8, 4) is 0 Å². The van der Waals surface area contributed by atoms with Crippen LogP contribution in [-0.2, 0) is 9.53 Å². The van der Waals surface area contributed by atoms with E-state index in [1.165, 1.54) is 0 Å². The maximum atomic E-state index is 11.5. The second-order valence-electron chi connectivity index (χ2n) is 3.47. The first-order valence-corrected chi connectivity index (χ1v) is 5.72. The van der Waals surface area contributed by atoms with E-state index in [0.29, 0.717) is 0 Å². The Morgan fingerprint density at radius 2 is 2.27 bits per heavy atom. The average molecular weight is 276 g/mol. The molecule has 0 bridgehead atoms. The van der Waals surface area contributed by atoms with Gasteiger partial charge in [0.2, 0.25) is 3.79 Å². The summed E-state index contributed by atoms with van der Waals surface area (Å²) in [6.45, 7) is 0.687. The van der Waals surface area contributed by atoms with E-state index in [1.54, 1.807) is 0 Å². The normalized spacial score (nSPS) is 23.9. The minimum atomic E-state index is -1.55. The smallest absolute Gasteiger partial charge is 0.324 e. The van der Waals surface area contributed by atoms with Crippen molar-refractivity contribution in [1.82, 2.24) is 10.4 Å². The molecule has 1 atom stereocenters. The lowest BCUT2D eigenvalue weighted by Crippen LogP contribution is -2.51. The third-order valence-corrected chi connectivity index (χ3v) is 2.35. The first kappa shape index (κ1) is 13.3. The van der Waals surface area contributed by atoms with Crippen LogP contribution in [-0.4, -0.2) is 41.0 Å². The highest BCUT2D eigenvalue weighted by Gasteiger charge is 2.28. The lowest BCUT2D eigenvalue weighted by molar-refractivity contribution is -0.148. The summed E-state index contributed by atoms with van der Waals surface area (Å²) in [4.78, 5) is 11.5. The summed E-state index contributed by atoms with van der Waals surface area (Å²) in [6.07, 6.45) is 1.68. The van der Waals surface area contributed by atoms with Gasteiger partial charge in [-0.25, -0.2) is 10.4 Å². The molecule has 0 aromatic rings. The van der Waals surface area contributed by atoms with E-state index in [1.807, 2.05) is 12.1 Å². The Kier molecular flexibility index (Phi) is 4.93. The van der Waals surface area contributed by atoms with E-state index < -0.39 is 3.79 Å². The van der Waals surface area contributed by atoms with Crippen molar-refractivity contribution < 1.29 is 9.53 Å². The van der Waals surface area contributed by atoms with Crippen molar-refractivity contribution in [2.45, 2.75) is 22.7 Å². The molecule has 0 saturated carbocycles. The number of rotatable bonds is 2. The molecule has 1 saturated heterocycles. The first-order chi connectivity index (χ1) is 6.88. The summed E-state index contributed by atoms with van der Waals surface area (Å²) in [5, 5.41) is 1.85. The number of hydrogen-bond acceptors (Lipinski definition) is 4. The third kappa shape index (κ3) is 5.22. The average Bonchev–Trinajstić information content (AvgIpc) is 2.13. The molecule has 1 aliphatic heterocycles. The van der Waals surface area contributed by atoms with Gasteiger partial charge < -0.3 is 4.74 Å². The molecule has 1 rings (SSSR count). The maximum absolute atomic E-state index is 11.5. The van der Waals surface area contributed by atoms with Gasteiger partial charge in [-0.05, 0) is 12.8 Å². The molecular formula is C8H13Cl3N2O2. The van der Waals surface area contributed by atoms with Gasteiger partial charge in [0.1, 0.15) is 12.6 Å². The number of hydrogen-bond donors (Lipinski definition) is 1. The number of ether oxygens (including phenoxy) is 1. The molecule has 4 nitrogen and oxygen atoms in total. The molecule has 0 aliphatic carbocycles. The number of halogens is 3. The SMILES string of the molecule is CN1CCCC(C(=O)OCC(Cl)(Cl)Cl)N1. The number of nitrogens with one attached hydrogen (secondary N) is 1. The number of hydrazine groups is 1. The summed E-state index contributed by atoms with van der Waals surface area (Å²) >= 11 is 16.4. The van der Waals surface area contributed by atoms with Gasteiger partial charge in [0.05, 0.1) is 0 Å². The number of esters is 1. The van der Waals surface area contributed by atoms with Crippen molar-refractivity contribution in [2.24, 2.45) is 0 Å². The van der Waals surface area contributed by atoms with E-state index in [0.717, 1.165) is 19.4 Å². The minimum absolute atomic E-state index is 0.224. The second-order valence-corrected chi connectivity index (χ2v) is 5.98. The van der Waals surface area contributed by atoms with Crippen LogP contribution in [0.1, 0.15) is 12.8 Å². The molecule has 1 unspecified atom stereocenters. The van der Waals surface area contributed by atoms with Crippen LogP contribution in [0, 0.1) is 0 Å². The van der Waals surface area contributed by atoms with Crippen LogP contribution in [0.4, 0.5) is 0 Å². The van der Waals surface area contributed by atoms with Gasteiger partial charge in [-0.3, -0.25) is 4.79 Å². The Morgan fingerprint density at radius 3 is 2.80 bits per heavy atom. The van der Waals surface area contributed by atoms with Crippen molar-refractivity contribution in [3.63, 3.8) is 0 Å². The molecule has 0 aromatic carbocycles. The van der Waals surface area contributed by atoms with Crippen LogP contribution in [0.5, 0.6) is 0 Å². The molecule has 88 valence electrons. The van der Waals surface area contributed by atoms with E-state index >= 15 is 0 Å². The molecule has 1 heterocycles. The number of alkyl halides is 3. The molecule has 7 heteroatoms. The van der Waals surface area contributed by atoms with Crippen molar-refractivity contribution >= 4 is 40.8 Å². The summed E-state index contributed by atoms with van der Waals surface area (Å²) in [6, 6.07) is -0.337. The van der Waals surface area contributed by atoms with Crippen LogP contribution >= 0.6 is 34.8 Å². The van der Waals surface area contributed by atoms with E-state index in [2.05, 4.69) is 5.43 Å². The zero-order valence-corrected chi connectivity index (χ0v) is 10.6. The van der Waals surface area contributed by atoms with Gasteiger partial charge >= 0.3 is 5.97 Å². The van der Waals surface area contributed by atoms with Crippen LogP contribution in [0.2, 0.25) is 0 Å². The number of carbonyl (C=O) groups is 1. The molecule has 0 amide bonds. The molecule has 0 spiro atoms. The number of nitrogens with zero attached hydrogens (tertiary/aromatic N) is 1. The fourth-order valence-corrected chi connectivity index (χ4v) is 1.52. The predicted molar refractivity (Wildman–Crippen MR) is 60.0 cm³/mol. The Balaban J connectivity index is 2.33. The predicted octanol–water partition coefficient (Wildman–Crippen LogP) is 1.50. The zero-order valence-electron chi connectivity index (χ0n) is 8.30. The van der Waals surface area contributed by atoms with Gasteiger partial charge in [0.25, 0.3) is 0 Å². The Hall–Kier alpha value is 0.260. The minimum Gasteiger partial charge on any atom is -0.460 e. The topological polar surface area (TPSA) is 41.6 Å². The van der Waals surface area contributed by atoms with Gasteiger partial charge in [0.15, 0.2) is 0 Å². The van der Waals surface area contributed by atoms with Crippen LogP contribution in [0.3, 0.4) is 0 Å². The van der Waals surface area contributed by atoms with Crippen molar-refractivity contribution in [3.05, 3.63) is 0 Å². The molecular weight excluding hydrogens is 262 g/mol. The Morgan fingerprint density at radius 1 is 1.60 bits per heavy atom. The second kappa shape index (κ2) is 5.55. The lowest BCUT2D eigenvalue weighted by atomic mass is 10.1. The zero-order chi connectivity index (χ0) is 11.5.